The Hall–Kier alpha value is 0.777. The number of primary amides is 2. The molecule has 0 aliphatic carbocycles. The van der Waals surface area contributed by atoms with Crippen LogP contribution >= 0.6 is 25.3 Å². The second kappa shape index (κ2) is 20.2. The third-order valence-corrected chi connectivity index (χ3v) is 1.72. The fourth-order valence-corrected chi connectivity index (χ4v) is 0.250. The van der Waals surface area contributed by atoms with Crippen molar-refractivity contribution < 1.29 is 49.4 Å². The average molecular weight is 283 g/mol. The number of hydrogen-bond acceptors (Lipinski definition) is 4. The molecule has 0 aliphatic heterocycles. The minimum absolute atomic E-state index is 0. The Labute approximate surface area is 126 Å². The second-order valence-electron chi connectivity index (χ2n) is 1.58. The predicted molar refractivity (Wildman–Crippen MR) is 63.9 cm³/mol. The summed E-state index contributed by atoms with van der Waals surface area (Å²) in [6.07, 6.45) is 0. The summed E-state index contributed by atoms with van der Waals surface area (Å²) < 4.78 is 9.56. The molecule has 0 aromatic carbocycles. The topological polar surface area (TPSA) is 105 Å². The Morgan fingerprint density at radius 1 is 1.13 bits per heavy atom. The Morgan fingerprint density at radius 3 is 1.27 bits per heavy atom. The average Bonchev–Trinajstić information content (AvgIpc) is 2.01. The van der Waals surface area contributed by atoms with Crippen LogP contribution in [0.4, 0.5) is 9.59 Å². The van der Waals surface area contributed by atoms with Gasteiger partial charge in [-0.2, -0.15) is 0 Å². The van der Waals surface area contributed by atoms with Gasteiger partial charge in [-0.1, -0.05) is 25.3 Å². The monoisotopic (exact) mass is 283 g/mol. The summed E-state index contributed by atoms with van der Waals surface area (Å²) in [5.74, 6) is 0. The van der Waals surface area contributed by atoms with Crippen LogP contribution in [0.1, 0.15) is 1.43 Å². The van der Waals surface area contributed by atoms with E-state index in [1.165, 1.54) is 0 Å². The fraction of sp³-hybridized carbons (Fsp3) is 0.600. The van der Waals surface area contributed by atoms with E-state index >= 15 is 0 Å². The molecule has 0 bridgehead atoms. The van der Waals surface area contributed by atoms with Crippen LogP contribution in [0.3, 0.4) is 0 Å². The van der Waals surface area contributed by atoms with E-state index in [2.05, 4.69) is 36.7 Å². The summed E-state index contributed by atoms with van der Waals surface area (Å²) in [6.45, 7) is 1.94. The van der Waals surface area contributed by atoms with Crippen molar-refractivity contribution in [2.75, 3.05) is 14.2 Å². The number of rotatable bonds is 2. The number of thiol groups is 2. The molecule has 1 radical (unpaired) electrons. The van der Waals surface area contributed by atoms with Gasteiger partial charge >= 0.3 is 38.8 Å². The Bertz CT molecular complexity index is 147. The first-order valence-corrected chi connectivity index (χ1v) is 5.87. The molecular weight excluding hydrogens is 267 g/mol. The van der Waals surface area contributed by atoms with Crippen molar-refractivity contribution in [3.63, 3.8) is 0 Å². The van der Waals surface area contributed by atoms with Crippen LogP contribution in [0, 0.1) is 0 Å². The zero-order valence-corrected chi connectivity index (χ0v) is 14.0. The SMILES string of the molecule is CO[Si](C)OC.NC(=O)S.NC(=O)S.[H-].[Na+]. The van der Waals surface area contributed by atoms with Gasteiger partial charge in [0.05, 0.1) is 0 Å². The van der Waals surface area contributed by atoms with Gasteiger partial charge in [-0.25, -0.2) is 0 Å². The molecule has 0 aromatic rings. The van der Waals surface area contributed by atoms with E-state index in [4.69, 9.17) is 18.4 Å². The largest absolute Gasteiger partial charge is 1.00 e. The molecule has 0 saturated heterocycles. The molecule has 0 rings (SSSR count). The first kappa shape index (κ1) is 24.8. The molecule has 10 heteroatoms. The number of amides is 2. The van der Waals surface area contributed by atoms with Crippen LogP contribution in [0.25, 0.3) is 0 Å². The van der Waals surface area contributed by atoms with E-state index in [-0.39, 0.29) is 31.0 Å². The van der Waals surface area contributed by atoms with E-state index in [0.29, 0.717) is 0 Å². The van der Waals surface area contributed by atoms with Crippen molar-refractivity contribution in [3.05, 3.63) is 0 Å². The summed E-state index contributed by atoms with van der Waals surface area (Å²) in [4.78, 5) is 18.2. The molecule has 0 fully saturated rings. The molecule has 0 aromatic heterocycles. The first-order valence-electron chi connectivity index (χ1n) is 3.16. The van der Waals surface area contributed by atoms with Gasteiger partial charge in [0, 0.05) is 14.2 Å². The van der Waals surface area contributed by atoms with E-state index in [9.17, 15) is 0 Å². The maximum atomic E-state index is 9.09. The number of hydrogen-bond donors (Lipinski definition) is 4. The molecule has 6 nitrogen and oxygen atoms in total. The second-order valence-corrected chi connectivity index (χ2v) is 4.26. The molecule has 0 spiro atoms. The Kier molecular flexibility index (Phi) is 33.5. The summed E-state index contributed by atoms with van der Waals surface area (Å²) >= 11 is 6.21. The minimum atomic E-state index is -0.868. The van der Waals surface area contributed by atoms with Crippen molar-refractivity contribution >= 4 is 45.0 Å². The summed E-state index contributed by atoms with van der Waals surface area (Å²) in [6, 6.07) is 0. The molecule has 0 atom stereocenters. The third-order valence-electron chi connectivity index (χ3n) is 0.575. The molecule has 2 amide bonds. The summed E-state index contributed by atoms with van der Waals surface area (Å²) in [7, 11) is 2.43. The van der Waals surface area contributed by atoms with E-state index in [1.54, 1.807) is 14.2 Å². The molecular formula is C5H16N2NaO4S2Si. The maximum absolute atomic E-state index is 9.09. The van der Waals surface area contributed by atoms with Gasteiger partial charge in [-0.05, 0) is 6.55 Å². The molecule has 0 saturated carbocycles. The normalized spacial score (nSPS) is 7.33. The standard InChI is InChI=1S/C3H9O2Si.2CH3NOS.Na.H/c1-4-6(3)5-2;2*2-1(3)4;;/h1-3H3;2*(H3,2,3,4);;/q;;;+1;-1. The number of carbonyl (C=O) groups is 2. The molecule has 0 unspecified atom stereocenters. The number of carbonyl (C=O) groups excluding carboxylic acids is 2. The van der Waals surface area contributed by atoms with Crippen molar-refractivity contribution in [1.82, 2.24) is 0 Å². The fourth-order valence-electron chi connectivity index (χ4n) is 0.0833. The zero-order chi connectivity index (χ0) is 12.1. The predicted octanol–water partition coefficient (Wildman–Crippen LogP) is -2.50. The first-order chi connectivity index (χ1) is 6.27. The summed E-state index contributed by atoms with van der Waals surface area (Å²) in [5, 5.41) is -1.28. The van der Waals surface area contributed by atoms with Crippen LogP contribution < -0.4 is 41.0 Å². The molecule has 87 valence electrons. The smallest absolute Gasteiger partial charge is 1.00 e. The quantitative estimate of drug-likeness (QED) is 0.332. The third kappa shape index (κ3) is 106. The van der Waals surface area contributed by atoms with E-state index in [1.807, 2.05) is 6.55 Å². The molecule has 0 heterocycles. The van der Waals surface area contributed by atoms with Gasteiger partial charge < -0.3 is 21.7 Å². The molecule has 4 N–H and O–H groups in total. The Balaban J connectivity index is -0.0000000367. The number of nitrogens with two attached hydrogens (primary N) is 2. The molecule has 15 heavy (non-hydrogen) atoms. The van der Waals surface area contributed by atoms with Crippen molar-refractivity contribution in [1.29, 1.82) is 0 Å². The van der Waals surface area contributed by atoms with E-state index < -0.39 is 19.8 Å². The van der Waals surface area contributed by atoms with Crippen LogP contribution in [0.2, 0.25) is 6.55 Å². The van der Waals surface area contributed by atoms with Gasteiger partial charge in [0.15, 0.2) is 0 Å². The van der Waals surface area contributed by atoms with Crippen LogP contribution in [0.15, 0.2) is 0 Å². The zero-order valence-electron chi connectivity index (χ0n) is 10.2. The molecule has 0 aliphatic rings. The van der Waals surface area contributed by atoms with Gasteiger partial charge in [0.25, 0.3) is 10.5 Å². The van der Waals surface area contributed by atoms with Gasteiger partial charge in [-0.15, -0.1) is 0 Å². The van der Waals surface area contributed by atoms with Gasteiger partial charge in [0.2, 0.25) is 0 Å². The van der Waals surface area contributed by atoms with Gasteiger partial charge in [0.1, 0.15) is 0 Å². The van der Waals surface area contributed by atoms with Gasteiger partial charge in [-0.3, -0.25) is 9.59 Å². The van der Waals surface area contributed by atoms with Crippen LogP contribution in [-0.2, 0) is 8.85 Å². The Morgan fingerprint density at radius 2 is 1.27 bits per heavy atom. The van der Waals surface area contributed by atoms with E-state index in [0.717, 1.165) is 0 Å². The van der Waals surface area contributed by atoms with Crippen LogP contribution in [-0.4, -0.2) is 34.0 Å². The summed E-state index contributed by atoms with van der Waals surface area (Å²) in [5.41, 5.74) is 8.67. The van der Waals surface area contributed by atoms with Crippen molar-refractivity contribution in [3.8, 4) is 0 Å². The van der Waals surface area contributed by atoms with Crippen molar-refractivity contribution in [2.45, 2.75) is 6.55 Å². The maximum Gasteiger partial charge on any atom is 1.00 e. The minimum Gasteiger partial charge on any atom is -1.00 e. The van der Waals surface area contributed by atoms with Crippen LogP contribution in [0.5, 0.6) is 0 Å². The van der Waals surface area contributed by atoms with Crippen molar-refractivity contribution in [2.24, 2.45) is 11.5 Å².